The Balaban J connectivity index is 1.95. The van der Waals surface area contributed by atoms with Gasteiger partial charge in [-0.25, -0.2) is 0 Å². The zero-order valence-corrected chi connectivity index (χ0v) is 10.6. The maximum Gasteiger partial charge on any atom is -0.0115 e. The molecule has 0 spiro atoms. The molecule has 0 aromatic rings. The van der Waals surface area contributed by atoms with Crippen molar-refractivity contribution in [1.82, 2.24) is 0 Å². The van der Waals surface area contributed by atoms with E-state index in [1.165, 1.54) is 19.3 Å². The van der Waals surface area contributed by atoms with Gasteiger partial charge >= 0.3 is 0 Å². The molecule has 4 rings (SSSR count). The molecule has 4 aliphatic rings. The van der Waals surface area contributed by atoms with Gasteiger partial charge in [0.25, 0.3) is 0 Å². The van der Waals surface area contributed by atoms with Crippen LogP contribution in [0.2, 0.25) is 0 Å². The summed E-state index contributed by atoms with van der Waals surface area (Å²) in [5.74, 6) is 4.96. The highest BCUT2D eigenvalue weighted by atomic mass is 14.7. The highest BCUT2D eigenvalue weighted by Crippen LogP contribution is 2.71. The van der Waals surface area contributed by atoms with Gasteiger partial charge in [-0.05, 0) is 61.2 Å². The Labute approximate surface area is 94.1 Å². The first-order valence-electron chi connectivity index (χ1n) is 6.72. The van der Waals surface area contributed by atoms with Crippen molar-refractivity contribution in [3.8, 4) is 0 Å². The lowest BCUT2D eigenvalue weighted by molar-refractivity contribution is -0.181. The average Bonchev–Trinajstić information content (AvgIpc) is 2.17. The van der Waals surface area contributed by atoms with Crippen molar-refractivity contribution in [2.45, 2.75) is 47.0 Å². The van der Waals surface area contributed by atoms with Crippen LogP contribution in [0, 0.1) is 35.0 Å². The van der Waals surface area contributed by atoms with Crippen LogP contribution in [-0.2, 0) is 0 Å². The maximum atomic E-state index is 2.56. The van der Waals surface area contributed by atoms with Gasteiger partial charge in [-0.15, -0.1) is 0 Å². The fourth-order valence-electron chi connectivity index (χ4n) is 5.25. The normalized spacial score (nSPS) is 52.5. The van der Waals surface area contributed by atoms with Crippen LogP contribution in [0.1, 0.15) is 47.0 Å². The fourth-order valence-corrected chi connectivity index (χ4v) is 5.25. The summed E-state index contributed by atoms with van der Waals surface area (Å²) in [5, 5.41) is 0. The van der Waals surface area contributed by atoms with Gasteiger partial charge in [0.2, 0.25) is 0 Å². The van der Waals surface area contributed by atoms with Gasteiger partial charge in [-0.3, -0.25) is 0 Å². The van der Waals surface area contributed by atoms with Gasteiger partial charge in [0.1, 0.15) is 0 Å². The summed E-state index contributed by atoms with van der Waals surface area (Å²) in [6.45, 7) is 9.81. The zero-order valence-electron chi connectivity index (χ0n) is 10.6. The Morgan fingerprint density at radius 2 is 2.13 bits per heavy atom. The predicted molar refractivity (Wildman–Crippen MR) is 64.5 cm³/mol. The molecule has 2 fully saturated rings. The summed E-state index contributed by atoms with van der Waals surface area (Å²) in [4.78, 5) is 0. The van der Waals surface area contributed by atoms with Crippen LogP contribution < -0.4 is 0 Å². The molecule has 0 aromatic carbocycles. The highest BCUT2D eigenvalue weighted by Gasteiger charge is 2.64. The van der Waals surface area contributed by atoms with E-state index in [0.717, 1.165) is 29.6 Å². The topological polar surface area (TPSA) is 0 Å². The van der Waals surface area contributed by atoms with E-state index in [9.17, 15) is 0 Å². The van der Waals surface area contributed by atoms with Crippen LogP contribution in [-0.4, -0.2) is 0 Å². The minimum atomic E-state index is 0.703. The van der Waals surface area contributed by atoms with Gasteiger partial charge in [0.15, 0.2) is 0 Å². The van der Waals surface area contributed by atoms with Crippen molar-refractivity contribution < 1.29 is 0 Å². The summed E-state index contributed by atoms with van der Waals surface area (Å²) >= 11 is 0. The smallest absolute Gasteiger partial charge is 0.0115 e. The fraction of sp³-hybridized carbons (Fsp3) is 0.867. The SMILES string of the molecule is CC1=CC[C@H]2[C@@H]3[C@H](C(C)C)CC[C@@]2(C)[C@@H]13. The molecule has 0 unspecified atom stereocenters. The molecule has 0 heterocycles. The van der Waals surface area contributed by atoms with Gasteiger partial charge in [0.05, 0.1) is 0 Å². The molecule has 2 saturated carbocycles. The second kappa shape index (κ2) is 2.90. The number of hydrogen-bond acceptors (Lipinski definition) is 0. The zero-order chi connectivity index (χ0) is 10.8. The third-order valence-electron chi connectivity index (χ3n) is 5.96. The van der Waals surface area contributed by atoms with Crippen molar-refractivity contribution in [3.05, 3.63) is 11.6 Å². The molecular weight excluding hydrogens is 180 g/mol. The summed E-state index contributed by atoms with van der Waals surface area (Å²) in [6, 6.07) is 0. The number of hydrogen-bond donors (Lipinski definition) is 0. The third-order valence-corrected chi connectivity index (χ3v) is 5.96. The monoisotopic (exact) mass is 204 g/mol. The highest BCUT2D eigenvalue weighted by molar-refractivity contribution is 5.28. The van der Waals surface area contributed by atoms with E-state index in [1.54, 1.807) is 5.57 Å². The lowest BCUT2D eigenvalue weighted by Gasteiger charge is -2.70. The van der Waals surface area contributed by atoms with E-state index in [-0.39, 0.29) is 0 Å². The summed E-state index contributed by atoms with van der Waals surface area (Å²) < 4.78 is 0. The Kier molecular flexibility index (Phi) is 1.92. The van der Waals surface area contributed by atoms with E-state index in [0.29, 0.717) is 5.41 Å². The van der Waals surface area contributed by atoms with E-state index < -0.39 is 0 Å². The molecule has 0 saturated heterocycles. The van der Waals surface area contributed by atoms with Crippen LogP contribution in [0.3, 0.4) is 0 Å². The van der Waals surface area contributed by atoms with Gasteiger partial charge in [0, 0.05) is 0 Å². The van der Waals surface area contributed by atoms with E-state index in [2.05, 4.69) is 33.8 Å². The minimum Gasteiger partial charge on any atom is -0.0850 e. The average molecular weight is 204 g/mol. The van der Waals surface area contributed by atoms with Crippen LogP contribution in [0.4, 0.5) is 0 Å². The summed E-state index contributed by atoms with van der Waals surface area (Å²) in [7, 11) is 0. The molecule has 0 aliphatic heterocycles. The molecule has 0 radical (unpaired) electrons. The largest absolute Gasteiger partial charge is 0.0850 e. The van der Waals surface area contributed by atoms with Crippen molar-refractivity contribution in [2.75, 3.05) is 0 Å². The quantitative estimate of drug-likeness (QED) is 0.559. The summed E-state index contributed by atoms with van der Waals surface area (Å²) in [6.07, 6.45) is 6.90. The molecule has 0 amide bonds. The molecule has 15 heavy (non-hydrogen) atoms. The molecule has 0 nitrogen and oxygen atoms in total. The first kappa shape index (κ1) is 9.93. The molecule has 0 heteroatoms. The van der Waals surface area contributed by atoms with Crippen molar-refractivity contribution in [2.24, 2.45) is 35.0 Å². The van der Waals surface area contributed by atoms with Gasteiger partial charge < -0.3 is 0 Å². The second-order valence-electron chi connectivity index (χ2n) is 6.80. The van der Waals surface area contributed by atoms with E-state index in [4.69, 9.17) is 0 Å². The third kappa shape index (κ3) is 1.04. The molecule has 5 atom stereocenters. The van der Waals surface area contributed by atoms with Crippen LogP contribution in [0.25, 0.3) is 0 Å². The Morgan fingerprint density at radius 1 is 1.40 bits per heavy atom. The number of rotatable bonds is 1. The molecule has 0 N–H and O–H groups in total. The predicted octanol–water partition coefficient (Wildman–Crippen LogP) is 4.27. The molecular formula is C15H24. The summed E-state index contributed by atoms with van der Waals surface area (Å²) in [5.41, 5.74) is 2.42. The molecule has 4 aliphatic carbocycles. The first-order valence-corrected chi connectivity index (χ1v) is 6.72. The first-order chi connectivity index (χ1) is 7.05. The minimum absolute atomic E-state index is 0.703. The molecule has 4 bridgehead atoms. The van der Waals surface area contributed by atoms with E-state index in [1.807, 2.05) is 0 Å². The lowest BCUT2D eigenvalue weighted by atomic mass is 9.34. The molecule has 84 valence electrons. The van der Waals surface area contributed by atoms with Gasteiger partial charge in [-0.1, -0.05) is 32.4 Å². The van der Waals surface area contributed by atoms with Crippen LogP contribution in [0.15, 0.2) is 11.6 Å². The Hall–Kier alpha value is -0.260. The van der Waals surface area contributed by atoms with Crippen molar-refractivity contribution in [1.29, 1.82) is 0 Å². The Bertz CT molecular complexity index is 312. The van der Waals surface area contributed by atoms with Crippen molar-refractivity contribution >= 4 is 0 Å². The van der Waals surface area contributed by atoms with Gasteiger partial charge in [-0.2, -0.15) is 0 Å². The molecule has 0 aromatic heterocycles. The number of allylic oxidation sites excluding steroid dienone is 2. The standard InChI is InChI=1S/C15H24/c1-9(2)11-7-8-15(4)12-6-5-10(3)14(15)13(11)12/h5,9,11-14H,6-8H2,1-4H3/t11-,12-,13-,14-,15+/m0/s1. The van der Waals surface area contributed by atoms with Crippen LogP contribution in [0.5, 0.6) is 0 Å². The lowest BCUT2D eigenvalue weighted by Crippen LogP contribution is -2.63. The number of fused-ring (bicyclic) bond motifs is 1. The second-order valence-corrected chi connectivity index (χ2v) is 6.80. The van der Waals surface area contributed by atoms with Crippen molar-refractivity contribution in [3.63, 3.8) is 0 Å². The van der Waals surface area contributed by atoms with Crippen LogP contribution >= 0.6 is 0 Å². The Morgan fingerprint density at radius 3 is 2.73 bits per heavy atom. The maximum absolute atomic E-state index is 2.56. The van der Waals surface area contributed by atoms with E-state index >= 15 is 0 Å².